The highest BCUT2D eigenvalue weighted by Crippen LogP contribution is 2.34. The Labute approximate surface area is 125 Å². The van der Waals surface area contributed by atoms with Crippen molar-refractivity contribution in [2.24, 2.45) is 5.73 Å². The minimum absolute atomic E-state index is 0.135. The molecule has 3 heteroatoms. The zero-order valence-corrected chi connectivity index (χ0v) is 12.4. The van der Waals surface area contributed by atoms with E-state index in [-0.39, 0.29) is 5.84 Å². The lowest BCUT2D eigenvalue weighted by Gasteiger charge is -2.27. The van der Waals surface area contributed by atoms with Gasteiger partial charge < -0.3 is 10.6 Å². The van der Waals surface area contributed by atoms with E-state index in [1.807, 2.05) is 13.0 Å². The summed E-state index contributed by atoms with van der Waals surface area (Å²) in [5.74, 6) is 0.135. The van der Waals surface area contributed by atoms with E-state index in [1.165, 1.54) is 17.7 Å². The van der Waals surface area contributed by atoms with E-state index in [9.17, 15) is 0 Å². The molecule has 0 saturated heterocycles. The molecule has 0 amide bonds. The number of nitrogens with zero attached hydrogens (tertiary/aromatic N) is 1. The van der Waals surface area contributed by atoms with Gasteiger partial charge in [-0.3, -0.25) is 5.41 Å². The Hall–Kier alpha value is -2.29. The number of rotatable bonds is 2. The van der Waals surface area contributed by atoms with Crippen LogP contribution < -0.4 is 10.6 Å². The van der Waals surface area contributed by atoms with E-state index in [4.69, 9.17) is 11.1 Å². The largest absolute Gasteiger partial charge is 0.384 e. The van der Waals surface area contributed by atoms with Crippen LogP contribution in [0.15, 0.2) is 42.5 Å². The SMILES string of the molecule is Cc1ccc(N2CCCCc3ccccc32)c(C(=N)N)c1. The minimum Gasteiger partial charge on any atom is -0.384 e. The predicted molar refractivity (Wildman–Crippen MR) is 88.6 cm³/mol. The summed E-state index contributed by atoms with van der Waals surface area (Å²) in [5, 5.41) is 7.88. The van der Waals surface area contributed by atoms with Gasteiger partial charge in [-0.2, -0.15) is 0 Å². The number of anilines is 2. The number of aryl methyl sites for hydroxylation is 2. The van der Waals surface area contributed by atoms with Crippen molar-refractivity contribution in [3.8, 4) is 0 Å². The van der Waals surface area contributed by atoms with Crippen molar-refractivity contribution in [1.82, 2.24) is 0 Å². The quantitative estimate of drug-likeness (QED) is 0.649. The zero-order valence-electron chi connectivity index (χ0n) is 12.4. The van der Waals surface area contributed by atoms with Gasteiger partial charge in [0.15, 0.2) is 0 Å². The van der Waals surface area contributed by atoms with E-state index in [0.29, 0.717) is 0 Å². The first kappa shape index (κ1) is 13.7. The smallest absolute Gasteiger partial charge is 0.124 e. The Morgan fingerprint density at radius 2 is 1.90 bits per heavy atom. The second-order valence-corrected chi connectivity index (χ2v) is 5.67. The maximum absolute atomic E-state index is 7.88. The van der Waals surface area contributed by atoms with Crippen LogP contribution in [0.1, 0.15) is 29.5 Å². The van der Waals surface area contributed by atoms with Crippen LogP contribution in [0.5, 0.6) is 0 Å². The first-order valence-electron chi connectivity index (χ1n) is 7.47. The van der Waals surface area contributed by atoms with E-state index in [2.05, 4.69) is 41.3 Å². The average molecular weight is 279 g/mol. The molecule has 1 heterocycles. The van der Waals surface area contributed by atoms with Gasteiger partial charge in [0.25, 0.3) is 0 Å². The lowest BCUT2D eigenvalue weighted by atomic mass is 10.0. The fourth-order valence-electron chi connectivity index (χ4n) is 3.04. The Kier molecular flexibility index (Phi) is 3.65. The Bertz CT molecular complexity index is 676. The zero-order chi connectivity index (χ0) is 14.8. The summed E-state index contributed by atoms with van der Waals surface area (Å²) < 4.78 is 0. The van der Waals surface area contributed by atoms with Crippen LogP contribution in [0.3, 0.4) is 0 Å². The highest BCUT2D eigenvalue weighted by atomic mass is 15.1. The summed E-state index contributed by atoms with van der Waals surface area (Å²) in [7, 11) is 0. The molecule has 0 unspecified atom stereocenters. The van der Waals surface area contributed by atoms with Crippen LogP contribution in [0.4, 0.5) is 11.4 Å². The standard InChI is InChI=1S/C18H21N3/c1-13-9-10-17(15(12-13)18(19)20)21-11-5-4-7-14-6-2-3-8-16(14)21/h2-3,6,8-10,12H,4-5,7,11H2,1H3,(H3,19,20). The molecule has 3 nitrogen and oxygen atoms in total. The van der Waals surface area contributed by atoms with Crippen LogP contribution in [-0.4, -0.2) is 12.4 Å². The molecular weight excluding hydrogens is 258 g/mol. The molecule has 0 aromatic heterocycles. The molecule has 0 saturated carbocycles. The predicted octanol–water partition coefficient (Wildman–Crippen LogP) is 3.75. The molecule has 108 valence electrons. The van der Waals surface area contributed by atoms with E-state index in [1.54, 1.807) is 0 Å². The van der Waals surface area contributed by atoms with Crippen LogP contribution in [-0.2, 0) is 6.42 Å². The number of para-hydroxylation sites is 1. The highest BCUT2D eigenvalue weighted by Gasteiger charge is 2.19. The van der Waals surface area contributed by atoms with Gasteiger partial charge in [0, 0.05) is 17.8 Å². The molecule has 0 aliphatic carbocycles. The average Bonchev–Trinajstić information content (AvgIpc) is 2.69. The monoisotopic (exact) mass is 279 g/mol. The van der Waals surface area contributed by atoms with Crippen LogP contribution in [0.25, 0.3) is 0 Å². The van der Waals surface area contributed by atoms with Crippen molar-refractivity contribution in [2.75, 3.05) is 11.4 Å². The number of hydrogen-bond donors (Lipinski definition) is 2. The van der Waals surface area contributed by atoms with Crippen LogP contribution >= 0.6 is 0 Å². The molecule has 0 radical (unpaired) electrons. The third-order valence-electron chi connectivity index (χ3n) is 4.09. The van der Waals surface area contributed by atoms with Crippen molar-refractivity contribution in [1.29, 1.82) is 5.41 Å². The number of nitrogen functional groups attached to an aromatic ring is 1. The maximum Gasteiger partial charge on any atom is 0.124 e. The highest BCUT2D eigenvalue weighted by molar-refractivity contribution is 6.01. The molecule has 0 spiro atoms. The van der Waals surface area contributed by atoms with Crippen molar-refractivity contribution < 1.29 is 0 Å². The summed E-state index contributed by atoms with van der Waals surface area (Å²) in [4.78, 5) is 2.32. The lowest BCUT2D eigenvalue weighted by molar-refractivity contribution is 0.761. The molecule has 1 aliphatic heterocycles. The summed E-state index contributed by atoms with van der Waals surface area (Å²) >= 11 is 0. The van der Waals surface area contributed by atoms with Gasteiger partial charge in [-0.15, -0.1) is 0 Å². The van der Waals surface area contributed by atoms with Gasteiger partial charge in [-0.25, -0.2) is 0 Å². The fraction of sp³-hybridized carbons (Fsp3) is 0.278. The van der Waals surface area contributed by atoms with Gasteiger partial charge in [-0.05, 0) is 49.9 Å². The summed E-state index contributed by atoms with van der Waals surface area (Å²) in [6.45, 7) is 3.01. The molecule has 0 fully saturated rings. The first-order valence-corrected chi connectivity index (χ1v) is 7.47. The van der Waals surface area contributed by atoms with Crippen molar-refractivity contribution >= 4 is 17.2 Å². The van der Waals surface area contributed by atoms with E-state index < -0.39 is 0 Å². The van der Waals surface area contributed by atoms with Crippen molar-refractivity contribution in [3.63, 3.8) is 0 Å². The number of fused-ring (bicyclic) bond motifs is 1. The van der Waals surface area contributed by atoms with Crippen molar-refractivity contribution in [3.05, 3.63) is 59.2 Å². The summed E-state index contributed by atoms with van der Waals surface area (Å²) in [6, 6.07) is 14.7. The Morgan fingerprint density at radius 1 is 1.10 bits per heavy atom. The van der Waals surface area contributed by atoms with Gasteiger partial charge in [0.1, 0.15) is 5.84 Å². The number of nitrogens with two attached hydrogens (primary N) is 1. The molecule has 0 atom stereocenters. The fourth-order valence-corrected chi connectivity index (χ4v) is 3.04. The Balaban J connectivity index is 2.14. The number of nitrogens with one attached hydrogen (secondary N) is 1. The molecule has 2 aromatic carbocycles. The second kappa shape index (κ2) is 5.60. The third kappa shape index (κ3) is 2.64. The lowest BCUT2D eigenvalue weighted by Crippen LogP contribution is -2.23. The number of hydrogen-bond acceptors (Lipinski definition) is 2. The van der Waals surface area contributed by atoms with E-state index >= 15 is 0 Å². The minimum atomic E-state index is 0.135. The molecule has 3 rings (SSSR count). The van der Waals surface area contributed by atoms with Crippen LogP contribution in [0, 0.1) is 12.3 Å². The van der Waals surface area contributed by atoms with Gasteiger partial charge in [-0.1, -0.05) is 29.8 Å². The van der Waals surface area contributed by atoms with E-state index in [0.717, 1.165) is 36.2 Å². The van der Waals surface area contributed by atoms with Gasteiger partial charge in [0.2, 0.25) is 0 Å². The van der Waals surface area contributed by atoms with Crippen LogP contribution in [0.2, 0.25) is 0 Å². The molecule has 0 bridgehead atoms. The maximum atomic E-state index is 7.88. The molecular formula is C18H21N3. The normalized spacial score (nSPS) is 14.4. The van der Waals surface area contributed by atoms with Gasteiger partial charge in [0.05, 0.1) is 5.69 Å². The first-order chi connectivity index (χ1) is 10.2. The third-order valence-corrected chi connectivity index (χ3v) is 4.09. The van der Waals surface area contributed by atoms with Gasteiger partial charge >= 0.3 is 0 Å². The summed E-state index contributed by atoms with van der Waals surface area (Å²) in [5.41, 5.74) is 11.4. The molecule has 1 aliphatic rings. The topological polar surface area (TPSA) is 53.1 Å². The second-order valence-electron chi connectivity index (χ2n) is 5.67. The Morgan fingerprint density at radius 3 is 2.71 bits per heavy atom. The van der Waals surface area contributed by atoms with Crippen molar-refractivity contribution in [2.45, 2.75) is 26.2 Å². The summed E-state index contributed by atoms with van der Waals surface area (Å²) in [6.07, 6.45) is 3.47. The number of benzene rings is 2. The molecule has 3 N–H and O–H groups in total. The molecule has 2 aromatic rings. The molecule has 21 heavy (non-hydrogen) atoms. The number of amidine groups is 1.